The van der Waals surface area contributed by atoms with Gasteiger partial charge in [0.05, 0.1) is 11.6 Å². The highest BCUT2D eigenvalue weighted by Gasteiger charge is 2.10. The largest absolute Gasteiger partial charge is 0.478 e. The number of nitrogens with one attached hydrogen (secondary N) is 1. The van der Waals surface area contributed by atoms with Crippen molar-refractivity contribution in [2.24, 2.45) is 0 Å². The van der Waals surface area contributed by atoms with Crippen molar-refractivity contribution in [3.8, 4) is 0 Å². The molecule has 1 atom stereocenters. The second-order valence-corrected chi connectivity index (χ2v) is 4.34. The summed E-state index contributed by atoms with van der Waals surface area (Å²) in [5.41, 5.74) is 1.91. The second kappa shape index (κ2) is 5.48. The third-order valence-corrected chi connectivity index (χ3v) is 2.75. The van der Waals surface area contributed by atoms with E-state index in [4.69, 9.17) is 5.11 Å². The van der Waals surface area contributed by atoms with E-state index in [2.05, 4.69) is 15.3 Å². The van der Waals surface area contributed by atoms with Gasteiger partial charge in [0.2, 0.25) is 0 Å². The Morgan fingerprint density at radius 1 is 1.42 bits per heavy atom. The van der Waals surface area contributed by atoms with Crippen LogP contribution in [0, 0.1) is 6.92 Å². The Morgan fingerprint density at radius 2 is 2.21 bits per heavy atom. The maximum absolute atomic E-state index is 11.0. The van der Waals surface area contributed by atoms with Crippen molar-refractivity contribution in [1.82, 2.24) is 9.97 Å². The summed E-state index contributed by atoms with van der Waals surface area (Å²) >= 11 is 0. The molecule has 5 nitrogen and oxygen atoms in total. The maximum Gasteiger partial charge on any atom is 0.335 e. The van der Waals surface area contributed by atoms with E-state index in [1.807, 2.05) is 19.1 Å². The zero-order valence-electron chi connectivity index (χ0n) is 10.8. The van der Waals surface area contributed by atoms with Crippen LogP contribution in [0.1, 0.15) is 34.6 Å². The molecule has 0 aliphatic carbocycles. The van der Waals surface area contributed by atoms with E-state index < -0.39 is 5.97 Å². The normalized spacial score (nSPS) is 11.9. The molecule has 0 aromatic carbocycles. The number of carbonyl (C=O) groups is 1. The van der Waals surface area contributed by atoms with Crippen LogP contribution >= 0.6 is 0 Å². The Kier molecular flexibility index (Phi) is 3.75. The fraction of sp³-hybridized carbons (Fsp3) is 0.214. The molecular formula is C14H15N3O2. The number of pyridine rings is 2. The van der Waals surface area contributed by atoms with Crippen molar-refractivity contribution in [2.45, 2.75) is 19.9 Å². The number of aromatic nitrogens is 2. The van der Waals surface area contributed by atoms with Gasteiger partial charge in [0, 0.05) is 18.1 Å². The molecule has 2 rings (SSSR count). The average molecular weight is 257 g/mol. The van der Waals surface area contributed by atoms with Gasteiger partial charge in [-0.25, -0.2) is 9.78 Å². The molecule has 5 heteroatoms. The van der Waals surface area contributed by atoms with Crippen LogP contribution in [0.2, 0.25) is 0 Å². The van der Waals surface area contributed by atoms with Gasteiger partial charge in [-0.3, -0.25) is 4.98 Å². The predicted molar refractivity (Wildman–Crippen MR) is 72.2 cm³/mol. The SMILES string of the molecule is Cc1cc(C(=O)O)cc(NC(C)c2cccnc2)n1. The molecule has 98 valence electrons. The molecule has 0 spiro atoms. The van der Waals surface area contributed by atoms with E-state index in [-0.39, 0.29) is 11.6 Å². The Hall–Kier alpha value is -2.43. The second-order valence-electron chi connectivity index (χ2n) is 4.34. The number of aryl methyl sites for hydroxylation is 1. The van der Waals surface area contributed by atoms with Crippen molar-refractivity contribution in [2.75, 3.05) is 5.32 Å². The fourth-order valence-corrected chi connectivity index (χ4v) is 1.80. The lowest BCUT2D eigenvalue weighted by Crippen LogP contribution is -2.10. The van der Waals surface area contributed by atoms with Crippen LogP contribution in [0.4, 0.5) is 5.82 Å². The highest BCUT2D eigenvalue weighted by Crippen LogP contribution is 2.18. The lowest BCUT2D eigenvalue weighted by atomic mass is 10.1. The minimum absolute atomic E-state index is 0.00430. The van der Waals surface area contributed by atoms with Crippen LogP contribution in [-0.4, -0.2) is 21.0 Å². The van der Waals surface area contributed by atoms with E-state index in [1.165, 1.54) is 6.07 Å². The van der Waals surface area contributed by atoms with Gasteiger partial charge in [-0.15, -0.1) is 0 Å². The van der Waals surface area contributed by atoms with Crippen molar-refractivity contribution >= 4 is 11.8 Å². The highest BCUT2D eigenvalue weighted by atomic mass is 16.4. The summed E-state index contributed by atoms with van der Waals surface area (Å²) in [5.74, 6) is -0.406. The summed E-state index contributed by atoms with van der Waals surface area (Å²) in [5, 5.41) is 12.2. The van der Waals surface area contributed by atoms with E-state index >= 15 is 0 Å². The number of rotatable bonds is 4. The number of anilines is 1. The van der Waals surface area contributed by atoms with Gasteiger partial charge in [0.25, 0.3) is 0 Å². The molecule has 0 aliphatic heterocycles. The van der Waals surface area contributed by atoms with Crippen LogP contribution < -0.4 is 5.32 Å². The van der Waals surface area contributed by atoms with Gasteiger partial charge < -0.3 is 10.4 Å². The van der Waals surface area contributed by atoms with Crippen molar-refractivity contribution in [1.29, 1.82) is 0 Å². The van der Waals surface area contributed by atoms with E-state index in [9.17, 15) is 4.79 Å². The van der Waals surface area contributed by atoms with Gasteiger partial charge in [-0.05, 0) is 37.6 Å². The summed E-state index contributed by atoms with van der Waals surface area (Å²) < 4.78 is 0. The van der Waals surface area contributed by atoms with Crippen molar-refractivity contribution in [3.63, 3.8) is 0 Å². The third kappa shape index (κ3) is 3.28. The molecule has 0 amide bonds. The lowest BCUT2D eigenvalue weighted by molar-refractivity contribution is 0.0696. The molecule has 0 saturated heterocycles. The molecule has 2 N–H and O–H groups in total. The summed E-state index contributed by atoms with van der Waals surface area (Å²) in [4.78, 5) is 19.3. The summed E-state index contributed by atoms with van der Waals surface area (Å²) in [6.45, 7) is 3.74. The predicted octanol–water partition coefficient (Wildman–Crippen LogP) is 2.66. The van der Waals surface area contributed by atoms with Crippen LogP contribution in [0.5, 0.6) is 0 Å². The van der Waals surface area contributed by atoms with E-state index in [1.54, 1.807) is 25.4 Å². The third-order valence-electron chi connectivity index (χ3n) is 2.75. The molecule has 0 saturated carbocycles. The molecular weight excluding hydrogens is 242 g/mol. The number of hydrogen-bond acceptors (Lipinski definition) is 4. The first-order valence-corrected chi connectivity index (χ1v) is 5.94. The Labute approximate surface area is 111 Å². The first kappa shape index (κ1) is 13.0. The maximum atomic E-state index is 11.0. The fourth-order valence-electron chi connectivity index (χ4n) is 1.80. The molecule has 19 heavy (non-hydrogen) atoms. The number of hydrogen-bond donors (Lipinski definition) is 2. The molecule has 1 unspecified atom stereocenters. The molecule has 0 fully saturated rings. The summed E-state index contributed by atoms with van der Waals surface area (Å²) in [7, 11) is 0. The molecule has 0 bridgehead atoms. The van der Waals surface area contributed by atoms with Crippen LogP contribution in [0.3, 0.4) is 0 Å². The van der Waals surface area contributed by atoms with E-state index in [0.717, 1.165) is 5.56 Å². The van der Waals surface area contributed by atoms with Gasteiger partial charge >= 0.3 is 5.97 Å². The van der Waals surface area contributed by atoms with Crippen molar-refractivity contribution in [3.05, 3.63) is 53.5 Å². The Morgan fingerprint density at radius 3 is 2.84 bits per heavy atom. The zero-order chi connectivity index (χ0) is 13.8. The van der Waals surface area contributed by atoms with Crippen molar-refractivity contribution < 1.29 is 9.90 Å². The minimum atomic E-state index is -0.956. The Balaban J connectivity index is 2.21. The monoisotopic (exact) mass is 257 g/mol. The number of carboxylic acid groups (broad SMARTS) is 1. The number of carboxylic acids is 1. The van der Waals surface area contributed by atoms with Crippen LogP contribution in [0.15, 0.2) is 36.7 Å². The highest BCUT2D eigenvalue weighted by molar-refractivity contribution is 5.88. The smallest absolute Gasteiger partial charge is 0.335 e. The topological polar surface area (TPSA) is 75.1 Å². The minimum Gasteiger partial charge on any atom is -0.478 e. The van der Waals surface area contributed by atoms with Gasteiger partial charge in [0.1, 0.15) is 5.82 Å². The van der Waals surface area contributed by atoms with Crippen LogP contribution in [0.25, 0.3) is 0 Å². The lowest BCUT2D eigenvalue weighted by Gasteiger charge is -2.15. The Bertz CT molecular complexity index is 584. The number of nitrogens with zero attached hydrogens (tertiary/aromatic N) is 2. The number of aromatic carboxylic acids is 1. The van der Waals surface area contributed by atoms with E-state index in [0.29, 0.717) is 11.5 Å². The average Bonchev–Trinajstić information content (AvgIpc) is 2.39. The first-order valence-electron chi connectivity index (χ1n) is 5.94. The summed E-state index contributed by atoms with van der Waals surface area (Å²) in [6, 6.07) is 6.90. The quantitative estimate of drug-likeness (QED) is 0.880. The molecule has 0 radical (unpaired) electrons. The van der Waals surface area contributed by atoms with Gasteiger partial charge in [-0.2, -0.15) is 0 Å². The van der Waals surface area contributed by atoms with Gasteiger partial charge in [0.15, 0.2) is 0 Å². The zero-order valence-corrected chi connectivity index (χ0v) is 10.8. The summed E-state index contributed by atoms with van der Waals surface area (Å²) in [6.07, 6.45) is 3.48. The molecule has 0 aliphatic rings. The van der Waals surface area contributed by atoms with Gasteiger partial charge in [-0.1, -0.05) is 6.07 Å². The first-order chi connectivity index (χ1) is 9.06. The standard InChI is InChI=1S/C14H15N3O2/c1-9-6-12(14(18)19)7-13(16-9)17-10(2)11-4-3-5-15-8-11/h3-8,10H,1-2H3,(H,16,17)(H,18,19). The molecule has 2 aromatic heterocycles. The molecule has 2 heterocycles. The molecule has 2 aromatic rings. The van der Waals surface area contributed by atoms with Crippen LogP contribution in [-0.2, 0) is 0 Å².